The van der Waals surface area contributed by atoms with Gasteiger partial charge >= 0.3 is 47.8 Å². The molecule has 1 unspecified atom stereocenters. The number of hydrogen-bond acceptors (Lipinski definition) is 24. The van der Waals surface area contributed by atoms with Gasteiger partial charge in [0.25, 0.3) is 0 Å². The highest BCUT2D eigenvalue weighted by Gasteiger charge is 2.91. The number of pyridine rings is 2. The summed E-state index contributed by atoms with van der Waals surface area (Å²) in [6, 6.07) is 15.2. The summed E-state index contributed by atoms with van der Waals surface area (Å²) in [4.78, 5) is 125. The van der Waals surface area contributed by atoms with Crippen molar-refractivity contribution in [1.82, 2.24) is 9.97 Å². The number of aliphatic hydroxyl groups is 2. The molecule has 1 saturated heterocycles. The van der Waals surface area contributed by atoms with Gasteiger partial charge in [0, 0.05) is 38.4 Å². The number of aliphatic hydroxyl groups excluding tert-OH is 1. The van der Waals surface area contributed by atoms with Crippen molar-refractivity contribution in [3.8, 4) is 17.2 Å². The van der Waals surface area contributed by atoms with Crippen LogP contribution in [0.15, 0.2) is 85.3 Å². The van der Waals surface area contributed by atoms with Gasteiger partial charge < -0.3 is 67.1 Å². The maximum Gasteiger partial charge on any atom is 0.350 e. The molecule has 4 aromatic rings. The van der Waals surface area contributed by atoms with Crippen LogP contribution in [0.3, 0.4) is 0 Å². The molecule has 4 bridgehead atoms. The summed E-state index contributed by atoms with van der Waals surface area (Å²) in [5, 5.41) is 27.9. The van der Waals surface area contributed by atoms with Crippen LogP contribution >= 0.6 is 0 Å². The molecule has 24 nitrogen and oxygen atoms in total. The minimum Gasteiger partial charge on any atom is -0.493 e. The van der Waals surface area contributed by atoms with Crippen LogP contribution in [0, 0.1) is 17.3 Å². The number of rotatable bonds is 14. The average Bonchev–Trinajstić information content (AvgIpc) is 1.62. The average molecular weight is 1130 g/mol. The van der Waals surface area contributed by atoms with Gasteiger partial charge in [0.15, 0.2) is 35.9 Å². The van der Waals surface area contributed by atoms with Gasteiger partial charge in [0.2, 0.25) is 11.4 Å². The molecule has 24 heteroatoms. The zero-order chi connectivity index (χ0) is 59.1. The minimum absolute atomic E-state index is 0.0469. The van der Waals surface area contributed by atoms with E-state index in [9.17, 15) is 34.2 Å². The molecule has 0 amide bonds. The Bertz CT molecular complexity index is 3090. The maximum absolute atomic E-state index is 15.3. The molecule has 432 valence electrons. The number of benzene rings is 2. The Hall–Kier alpha value is -8.22. The molecule has 2 aliphatic heterocycles. The highest BCUT2D eigenvalue weighted by molar-refractivity contribution is 5.93. The van der Waals surface area contributed by atoms with Crippen molar-refractivity contribution in [2.45, 2.75) is 120 Å². The molecule has 4 aliphatic rings. The number of hydrogen-bond donors (Lipinski definition) is 2. The fraction of sp³-hybridized carbons (Fsp3) is 0.474. The number of cyclic esters (lactones) is 1. The third-order valence-electron chi connectivity index (χ3n) is 15.6. The highest BCUT2D eigenvalue weighted by atomic mass is 16.7. The Labute approximate surface area is 464 Å². The van der Waals surface area contributed by atoms with E-state index in [0.717, 1.165) is 40.8 Å². The quantitative estimate of drug-likeness (QED) is 0.133. The first-order chi connectivity index (χ1) is 38.2. The Kier molecular flexibility index (Phi) is 16.3. The van der Waals surface area contributed by atoms with E-state index in [0.29, 0.717) is 0 Å². The summed E-state index contributed by atoms with van der Waals surface area (Å²) < 4.78 is 73.7. The second kappa shape index (κ2) is 22.4. The standard InChI is InChI=1S/C57H62N2O22/c1-28-29(2)47(63)77-44-42(75-30(3)60)46(78-49(65)32-17-13-12-14-18-32)56(27-74-48(64)33-19-15-21-58-25-33)45(79-52(68)53(5,6)80-31(4)61)41(76-50(66)34-23-36(70-9)40(72-11)37(24-34)71-10)38-43(62)57(56,55(44,8)69)81-54(38,7)26-73-51(67)35-20-16-22-59-39(28)35/h12-25,28-29,38,41-46,62,69H,26-27H2,1-11H3/t28-,29-,38-,41+,42+,43+,44?,45-,46-,54-,55-,56+,57+/m0/s1. The summed E-state index contributed by atoms with van der Waals surface area (Å²) in [5.74, 6) is -13.6. The van der Waals surface area contributed by atoms with Crippen molar-refractivity contribution >= 4 is 47.8 Å². The van der Waals surface area contributed by atoms with E-state index >= 15 is 14.4 Å². The second-order valence-corrected chi connectivity index (χ2v) is 21.1. The van der Waals surface area contributed by atoms with Gasteiger partial charge in [-0.3, -0.25) is 24.4 Å². The molecule has 4 heterocycles. The molecule has 81 heavy (non-hydrogen) atoms. The first kappa shape index (κ1) is 58.9. The number of fused-ring (bicyclic) bond motifs is 5. The van der Waals surface area contributed by atoms with Crippen LogP contribution in [-0.4, -0.2) is 162 Å². The smallest absolute Gasteiger partial charge is 0.350 e. The molecule has 3 fully saturated rings. The van der Waals surface area contributed by atoms with Crippen molar-refractivity contribution in [2.75, 3.05) is 34.5 Å². The lowest BCUT2D eigenvalue weighted by atomic mass is 9.45. The fourth-order valence-electron chi connectivity index (χ4n) is 11.7. The van der Waals surface area contributed by atoms with E-state index in [-0.39, 0.29) is 45.2 Å². The van der Waals surface area contributed by atoms with E-state index < -0.39 is 143 Å². The molecule has 2 saturated carbocycles. The van der Waals surface area contributed by atoms with Crippen LogP contribution < -0.4 is 14.2 Å². The SMILES string of the molecule is COc1cc(C(=O)O[C@@H]2[C@H]3[C@@H](O)[C@]45O[C@@]3(C)COC(=O)c3cccnc3[C@@H](C)[C@H](C)C(=O)OC([C@@H](OC(C)=O)[C@H](OC(=O)c3ccccc3)[C@@]4(COC(=O)c3cccnc3)[C@H]2OC(=O)C(C)(C)OC(C)=O)[C@]5(C)O)cc(OC)c1OC. The zero-order valence-electron chi connectivity index (χ0n) is 46.1. The maximum atomic E-state index is 15.3. The summed E-state index contributed by atoms with van der Waals surface area (Å²) in [6.45, 7) is 7.28. The predicted octanol–water partition coefficient (Wildman–Crippen LogP) is 4.09. The van der Waals surface area contributed by atoms with Crippen LogP contribution in [0.4, 0.5) is 0 Å². The fourth-order valence-corrected chi connectivity index (χ4v) is 11.7. The van der Waals surface area contributed by atoms with Gasteiger partial charge in [-0.05, 0) is 76.2 Å². The van der Waals surface area contributed by atoms with Crippen molar-refractivity contribution in [3.63, 3.8) is 0 Å². The van der Waals surface area contributed by atoms with E-state index in [4.69, 9.17) is 56.8 Å². The van der Waals surface area contributed by atoms with Gasteiger partial charge in [0.05, 0.1) is 67.2 Å². The van der Waals surface area contributed by atoms with Crippen molar-refractivity contribution in [1.29, 1.82) is 0 Å². The van der Waals surface area contributed by atoms with Gasteiger partial charge in [-0.25, -0.2) is 24.0 Å². The lowest BCUT2D eigenvalue weighted by Gasteiger charge is -2.67. The molecule has 2 N–H and O–H groups in total. The van der Waals surface area contributed by atoms with Gasteiger partial charge in [-0.1, -0.05) is 32.0 Å². The van der Waals surface area contributed by atoms with Crippen molar-refractivity contribution in [2.24, 2.45) is 17.3 Å². The van der Waals surface area contributed by atoms with E-state index in [2.05, 4.69) is 9.97 Å². The largest absolute Gasteiger partial charge is 0.493 e. The Balaban J connectivity index is 1.52. The summed E-state index contributed by atoms with van der Waals surface area (Å²) in [5.41, 5.74) is -14.6. The lowest BCUT2D eigenvalue weighted by molar-refractivity contribution is -0.385. The van der Waals surface area contributed by atoms with E-state index in [1.165, 1.54) is 108 Å². The van der Waals surface area contributed by atoms with Crippen LogP contribution in [0.25, 0.3) is 0 Å². The Morgan fingerprint density at radius 2 is 1.37 bits per heavy atom. The number of aromatic nitrogens is 2. The predicted molar refractivity (Wildman–Crippen MR) is 273 cm³/mol. The molecular weight excluding hydrogens is 1060 g/mol. The topological polar surface area (TPSA) is 314 Å². The third-order valence-corrected chi connectivity index (χ3v) is 15.6. The van der Waals surface area contributed by atoms with Crippen molar-refractivity contribution < 1.29 is 105 Å². The molecule has 0 radical (unpaired) electrons. The highest BCUT2D eigenvalue weighted by Crippen LogP contribution is 2.70. The minimum atomic E-state index is -3.10. The zero-order valence-corrected chi connectivity index (χ0v) is 46.1. The molecule has 2 aromatic heterocycles. The first-order valence-corrected chi connectivity index (χ1v) is 25.6. The number of ether oxygens (including phenoxy) is 12. The lowest BCUT2D eigenvalue weighted by Crippen LogP contribution is -2.89. The number of esters is 8. The molecule has 1 spiro atoms. The van der Waals surface area contributed by atoms with Gasteiger partial charge in [-0.2, -0.15) is 0 Å². The number of carbonyl (C=O) groups is 8. The van der Waals surface area contributed by atoms with E-state index in [1.807, 2.05) is 0 Å². The second-order valence-electron chi connectivity index (χ2n) is 21.1. The monoisotopic (exact) mass is 1130 g/mol. The van der Waals surface area contributed by atoms with E-state index in [1.54, 1.807) is 13.0 Å². The summed E-state index contributed by atoms with van der Waals surface area (Å²) in [7, 11) is 3.86. The van der Waals surface area contributed by atoms with Crippen molar-refractivity contribution in [3.05, 3.63) is 113 Å². The number of methoxy groups -OCH3 is 3. The first-order valence-electron chi connectivity index (χ1n) is 25.6. The Morgan fingerprint density at radius 3 is 1.98 bits per heavy atom. The third kappa shape index (κ3) is 10.1. The van der Waals surface area contributed by atoms with Gasteiger partial charge in [-0.15, -0.1) is 0 Å². The molecule has 8 rings (SSSR count). The molecule has 2 aromatic carbocycles. The van der Waals surface area contributed by atoms with Crippen LogP contribution in [0.2, 0.25) is 0 Å². The van der Waals surface area contributed by atoms with Crippen LogP contribution in [0.5, 0.6) is 17.2 Å². The number of carbonyl (C=O) groups excluding carboxylic acids is 8. The molecular formula is C57H62N2O22. The number of nitrogens with zero attached hydrogens (tertiary/aromatic N) is 2. The summed E-state index contributed by atoms with van der Waals surface area (Å²) >= 11 is 0. The van der Waals surface area contributed by atoms with Gasteiger partial charge in [0.1, 0.15) is 41.5 Å². The van der Waals surface area contributed by atoms with Crippen LogP contribution in [-0.2, 0) is 61.8 Å². The van der Waals surface area contributed by atoms with Crippen LogP contribution in [0.1, 0.15) is 108 Å². The summed E-state index contributed by atoms with van der Waals surface area (Å²) in [6.07, 6.45) is -10.3. The normalized spacial score (nSPS) is 30.4. The Morgan fingerprint density at radius 1 is 0.741 bits per heavy atom. The molecule has 13 atom stereocenters. The molecule has 2 aliphatic carbocycles.